The van der Waals surface area contributed by atoms with Crippen LogP contribution < -0.4 is 10.5 Å². The van der Waals surface area contributed by atoms with E-state index >= 15 is 0 Å². The van der Waals surface area contributed by atoms with Gasteiger partial charge >= 0.3 is 0 Å². The Morgan fingerprint density at radius 1 is 1.56 bits per heavy atom. The van der Waals surface area contributed by atoms with Crippen LogP contribution in [0.3, 0.4) is 0 Å². The summed E-state index contributed by atoms with van der Waals surface area (Å²) >= 11 is 3.51. The maximum atomic E-state index is 5.95. The number of rotatable bonds is 3. The first-order valence-electron chi connectivity index (χ1n) is 5.70. The minimum absolute atomic E-state index is 0.232. The molecule has 1 aliphatic carbocycles. The van der Waals surface area contributed by atoms with Gasteiger partial charge in [-0.3, -0.25) is 0 Å². The molecule has 0 radical (unpaired) electrons. The molecule has 1 aliphatic rings. The third kappa shape index (κ3) is 2.38. The summed E-state index contributed by atoms with van der Waals surface area (Å²) < 4.78 is 6.91. The first-order chi connectivity index (χ1) is 7.72. The number of aryl methyl sites for hydroxylation is 1. The predicted octanol–water partition coefficient (Wildman–Crippen LogP) is 2.66. The highest BCUT2D eigenvalue weighted by atomic mass is 79.9. The van der Waals surface area contributed by atoms with Crippen LogP contribution >= 0.6 is 15.9 Å². The molecule has 1 aromatic heterocycles. The van der Waals surface area contributed by atoms with Gasteiger partial charge < -0.3 is 10.5 Å². The lowest BCUT2D eigenvalue weighted by Gasteiger charge is -2.20. The van der Waals surface area contributed by atoms with Crippen LogP contribution in [0.15, 0.2) is 16.7 Å². The summed E-state index contributed by atoms with van der Waals surface area (Å²) in [5.74, 6) is 1.18. The summed E-state index contributed by atoms with van der Waals surface area (Å²) in [6.07, 6.45) is 5.47. The molecule has 2 atom stereocenters. The maximum Gasteiger partial charge on any atom is 0.228 e. The Labute approximate surface area is 105 Å². The number of nitrogens with zero attached hydrogens (tertiary/aromatic N) is 1. The summed E-state index contributed by atoms with van der Waals surface area (Å²) in [5.41, 5.74) is 6.88. The van der Waals surface area contributed by atoms with Crippen molar-refractivity contribution in [2.45, 2.75) is 32.3 Å². The molecule has 2 unspecified atom stereocenters. The molecular weight excluding hydrogens is 268 g/mol. The number of pyridine rings is 1. The third-order valence-corrected chi connectivity index (χ3v) is 4.17. The smallest absolute Gasteiger partial charge is 0.228 e. The molecule has 1 fully saturated rings. The van der Waals surface area contributed by atoms with Gasteiger partial charge in [0.05, 0.1) is 4.47 Å². The fourth-order valence-electron chi connectivity index (χ4n) is 2.17. The molecule has 1 heterocycles. The zero-order chi connectivity index (χ0) is 11.5. The molecular formula is C12H17BrN2O. The number of aromatic nitrogens is 1. The van der Waals surface area contributed by atoms with Gasteiger partial charge in [-0.1, -0.05) is 0 Å². The molecule has 3 nitrogen and oxygen atoms in total. The Hall–Kier alpha value is -0.610. The van der Waals surface area contributed by atoms with Crippen LogP contribution in [0.2, 0.25) is 0 Å². The SMILES string of the molecule is Cc1ccnc(OC2CCCC2CN)c1Br. The Morgan fingerprint density at radius 2 is 2.38 bits per heavy atom. The summed E-state index contributed by atoms with van der Waals surface area (Å²) in [6, 6.07) is 1.96. The Bertz CT molecular complexity index is 370. The number of halogens is 1. The zero-order valence-electron chi connectivity index (χ0n) is 9.45. The lowest BCUT2D eigenvalue weighted by molar-refractivity contribution is 0.154. The molecule has 2 rings (SSSR count). The van der Waals surface area contributed by atoms with Gasteiger partial charge in [0.2, 0.25) is 5.88 Å². The highest BCUT2D eigenvalue weighted by Crippen LogP contribution is 2.32. The fraction of sp³-hybridized carbons (Fsp3) is 0.583. The van der Waals surface area contributed by atoms with E-state index in [1.165, 1.54) is 12.8 Å². The highest BCUT2D eigenvalue weighted by Gasteiger charge is 2.28. The van der Waals surface area contributed by atoms with E-state index < -0.39 is 0 Å². The molecule has 2 N–H and O–H groups in total. The summed E-state index contributed by atoms with van der Waals surface area (Å²) in [5, 5.41) is 0. The van der Waals surface area contributed by atoms with Crippen LogP contribution in [-0.4, -0.2) is 17.6 Å². The summed E-state index contributed by atoms with van der Waals surface area (Å²) in [7, 11) is 0. The molecule has 0 aliphatic heterocycles. The normalized spacial score (nSPS) is 24.7. The van der Waals surface area contributed by atoms with Crippen molar-refractivity contribution >= 4 is 15.9 Å². The van der Waals surface area contributed by atoms with Gasteiger partial charge in [-0.05, 0) is 60.3 Å². The molecule has 4 heteroatoms. The quantitative estimate of drug-likeness (QED) is 0.928. The number of hydrogen-bond acceptors (Lipinski definition) is 3. The van der Waals surface area contributed by atoms with Crippen molar-refractivity contribution in [3.8, 4) is 5.88 Å². The van der Waals surface area contributed by atoms with E-state index in [1.54, 1.807) is 6.20 Å². The lowest BCUT2D eigenvalue weighted by atomic mass is 10.1. The first kappa shape index (κ1) is 11.9. The molecule has 88 valence electrons. The fourth-order valence-corrected chi connectivity index (χ4v) is 2.50. The van der Waals surface area contributed by atoms with E-state index in [0.717, 1.165) is 16.5 Å². The maximum absolute atomic E-state index is 5.95. The van der Waals surface area contributed by atoms with Gasteiger partial charge in [0, 0.05) is 12.1 Å². The third-order valence-electron chi connectivity index (χ3n) is 3.21. The van der Waals surface area contributed by atoms with Gasteiger partial charge in [0.15, 0.2) is 0 Å². The molecule has 16 heavy (non-hydrogen) atoms. The lowest BCUT2D eigenvalue weighted by Crippen LogP contribution is -2.28. The highest BCUT2D eigenvalue weighted by molar-refractivity contribution is 9.10. The topological polar surface area (TPSA) is 48.1 Å². The first-order valence-corrected chi connectivity index (χ1v) is 6.49. The predicted molar refractivity (Wildman–Crippen MR) is 67.5 cm³/mol. The van der Waals surface area contributed by atoms with Crippen LogP contribution in [-0.2, 0) is 0 Å². The van der Waals surface area contributed by atoms with Crippen LogP contribution in [0.25, 0.3) is 0 Å². The van der Waals surface area contributed by atoms with E-state index in [9.17, 15) is 0 Å². The van der Waals surface area contributed by atoms with Gasteiger partial charge in [-0.25, -0.2) is 4.98 Å². The van der Waals surface area contributed by atoms with Crippen molar-refractivity contribution in [3.63, 3.8) is 0 Å². The minimum atomic E-state index is 0.232. The van der Waals surface area contributed by atoms with Crippen molar-refractivity contribution in [2.24, 2.45) is 11.7 Å². The van der Waals surface area contributed by atoms with Crippen LogP contribution in [0.4, 0.5) is 0 Å². The largest absolute Gasteiger partial charge is 0.473 e. The van der Waals surface area contributed by atoms with Crippen molar-refractivity contribution < 1.29 is 4.74 Å². The van der Waals surface area contributed by atoms with Gasteiger partial charge in [-0.15, -0.1) is 0 Å². The minimum Gasteiger partial charge on any atom is -0.473 e. The second-order valence-electron chi connectivity index (χ2n) is 4.33. The molecule has 0 bridgehead atoms. The molecule has 1 aromatic rings. The van der Waals surface area contributed by atoms with E-state index in [4.69, 9.17) is 10.5 Å². The van der Waals surface area contributed by atoms with Crippen LogP contribution in [0, 0.1) is 12.8 Å². The molecule has 0 spiro atoms. The van der Waals surface area contributed by atoms with Gasteiger partial charge in [0.25, 0.3) is 0 Å². The molecule has 0 aromatic carbocycles. The van der Waals surface area contributed by atoms with E-state index in [2.05, 4.69) is 20.9 Å². The molecule has 0 amide bonds. The second-order valence-corrected chi connectivity index (χ2v) is 5.12. The Morgan fingerprint density at radius 3 is 3.12 bits per heavy atom. The monoisotopic (exact) mass is 284 g/mol. The molecule has 1 saturated carbocycles. The van der Waals surface area contributed by atoms with Crippen molar-refractivity contribution in [1.29, 1.82) is 0 Å². The number of nitrogens with two attached hydrogens (primary N) is 1. The Balaban J connectivity index is 2.11. The van der Waals surface area contributed by atoms with Gasteiger partial charge in [-0.2, -0.15) is 0 Å². The standard InChI is InChI=1S/C12H17BrN2O/c1-8-5-6-15-12(11(8)13)16-10-4-2-3-9(10)7-14/h5-6,9-10H,2-4,7,14H2,1H3. The van der Waals surface area contributed by atoms with Crippen molar-refractivity contribution in [1.82, 2.24) is 4.98 Å². The number of hydrogen-bond donors (Lipinski definition) is 1. The zero-order valence-corrected chi connectivity index (χ0v) is 11.0. The van der Waals surface area contributed by atoms with E-state index in [1.807, 2.05) is 13.0 Å². The van der Waals surface area contributed by atoms with Gasteiger partial charge in [0.1, 0.15) is 6.10 Å². The molecule has 0 saturated heterocycles. The number of ether oxygens (including phenoxy) is 1. The van der Waals surface area contributed by atoms with E-state index in [-0.39, 0.29) is 6.10 Å². The Kier molecular flexibility index (Phi) is 3.82. The van der Waals surface area contributed by atoms with E-state index in [0.29, 0.717) is 18.3 Å². The summed E-state index contributed by atoms with van der Waals surface area (Å²) in [6.45, 7) is 2.74. The summed E-state index contributed by atoms with van der Waals surface area (Å²) in [4.78, 5) is 4.26. The van der Waals surface area contributed by atoms with Crippen LogP contribution in [0.1, 0.15) is 24.8 Å². The average molecular weight is 285 g/mol. The van der Waals surface area contributed by atoms with Crippen molar-refractivity contribution in [2.75, 3.05) is 6.54 Å². The van der Waals surface area contributed by atoms with Crippen molar-refractivity contribution in [3.05, 3.63) is 22.3 Å². The van der Waals surface area contributed by atoms with Crippen LogP contribution in [0.5, 0.6) is 5.88 Å². The second kappa shape index (κ2) is 5.15. The average Bonchev–Trinajstić information content (AvgIpc) is 2.72.